The number of ether oxygens (including phenoxy) is 1. The average molecular weight is 554 g/mol. The number of para-hydroxylation sites is 2. The number of hydrogen-bond donors (Lipinski definition) is 0. The van der Waals surface area contributed by atoms with Crippen molar-refractivity contribution in [3.63, 3.8) is 0 Å². The van der Waals surface area contributed by atoms with Gasteiger partial charge in [-0.05, 0) is 60.0 Å². The number of nitrogens with zero attached hydrogens (tertiary/aromatic N) is 5. The number of imidazole rings is 1. The van der Waals surface area contributed by atoms with Crippen LogP contribution in [0.5, 0.6) is 11.5 Å². The maximum atomic E-state index is 6.29. The van der Waals surface area contributed by atoms with Gasteiger partial charge in [-0.15, -0.1) is 0 Å². The lowest BCUT2D eigenvalue weighted by atomic mass is 9.95. The van der Waals surface area contributed by atoms with Crippen LogP contribution in [0.3, 0.4) is 0 Å². The van der Waals surface area contributed by atoms with Crippen molar-refractivity contribution in [3.05, 3.63) is 114 Å². The zero-order chi connectivity index (χ0) is 28.1. The molecule has 0 radical (unpaired) electrons. The summed E-state index contributed by atoms with van der Waals surface area (Å²) in [4.78, 5) is 18.0. The Balaban J connectivity index is 1.37. The highest BCUT2D eigenvalue weighted by Crippen LogP contribution is 2.49. The number of benzene rings is 5. The van der Waals surface area contributed by atoms with E-state index in [-0.39, 0.29) is 0 Å². The lowest BCUT2D eigenvalue weighted by molar-refractivity contribution is 0.486. The van der Waals surface area contributed by atoms with Gasteiger partial charge in [-0.2, -0.15) is 0 Å². The summed E-state index contributed by atoms with van der Waals surface area (Å²) < 4.78 is 8.59. The molecule has 0 atom stereocenters. The molecule has 0 N–H and O–H groups in total. The van der Waals surface area contributed by atoms with E-state index < -0.39 is 0 Å². The highest BCUT2D eigenvalue weighted by atomic mass is 16.5. The Kier molecular flexibility index (Phi) is 4.47. The number of hydrogen-bond acceptors (Lipinski definition) is 5. The molecule has 0 saturated carbocycles. The summed E-state index contributed by atoms with van der Waals surface area (Å²) in [6.45, 7) is 0. The van der Waals surface area contributed by atoms with Gasteiger partial charge in [-0.25, -0.2) is 19.9 Å². The van der Waals surface area contributed by atoms with Crippen LogP contribution in [0, 0.1) is 0 Å². The molecular weight excluding hydrogens is 530 g/mol. The predicted molar refractivity (Wildman–Crippen MR) is 171 cm³/mol. The molecule has 0 spiro atoms. The first-order valence-corrected chi connectivity index (χ1v) is 14.6. The van der Waals surface area contributed by atoms with Gasteiger partial charge in [0.15, 0.2) is 0 Å². The van der Waals surface area contributed by atoms with Gasteiger partial charge in [0.25, 0.3) is 0 Å². The van der Waals surface area contributed by atoms with E-state index in [9.17, 15) is 0 Å². The zero-order valence-electron chi connectivity index (χ0n) is 23.0. The molecule has 0 amide bonds. The van der Waals surface area contributed by atoms with Crippen LogP contribution in [-0.2, 0) is 0 Å². The van der Waals surface area contributed by atoms with Crippen LogP contribution >= 0.6 is 0 Å². The topological polar surface area (TPSA) is 56.1 Å². The van der Waals surface area contributed by atoms with Crippen LogP contribution in [0.15, 0.2) is 103 Å². The van der Waals surface area contributed by atoms with Crippen molar-refractivity contribution in [1.82, 2.24) is 19.5 Å². The molecule has 10 rings (SSSR count). The number of rotatable bonds is 1. The van der Waals surface area contributed by atoms with Crippen molar-refractivity contribution < 1.29 is 4.74 Å². The van der Waals surface area contributed by atoms with Crippen molar-refractivity contribution in [2.24, 2.45) is 0 Å². The molecule has 0 bridgehead atoms. The number of anilines is 3. The lowest BCUT2D eigenvalue weighted by Gasteiger charge is -2.25. The van der Waals surface area contributed by atoms with Gasteiger partial charge < -0.3 is 4.74 Å². The first-order valence-electron chi connectivity index (χ1n) is 14.6. The highest BCUT2D eigenvalue weighted by molar-refractivity contribution is 6.06. The molecule has 2 aliphatic heterocycles. The minimum atomic E-state index is 0.574. The number of aromatic nitrogens is 4. The maximum absolute atomic E-state index is 6.29. The van der Waals surface area contributed by atoms with E-state index in [1.54, 1.807) is 0 Å². The fraction of sp³-hybridized carbons (Fsp3) is 0.0541. The molecule has 0 unspecified atom stereocenters. The Morgan fingerprint density at radius 2 is 1.44 bits per heavy atom. The standard InChI is InChI=1S/C37H23N5O/c1-2-11-23-22(10-1)20-21-30-33(23)24-12-3-6-16-28(24)42(37-39-26-14-5-7-17-29(26)41(30)37)36-38-27-15-9-19-32-34(27)35(40-36)25-13-4-8-18-31(25)43-32/h1-4,6,8-21H,5,7H2. The molecular formula is C37H23N5O. The third-order valence-electron chi connectivity index (χ3n) is 8.76. The SMILES string of the molecule is C1=c2nc3n(c2=CCC1)-c1ccc2ccccc2c1-c1ccccc1N3c1nc2c3c(cccc3n1)Oc1ccccc1-2. The van der Waals surface area contributed by atoms with E-state index in [1.807, 2.05) is 36.4 Å². The zero-order valence-corrected chi connectivity index (χ0v) is 23.0. The van der Waals surface area contributed by atoms with E-state index >= 15 is 0 Å². The van der Waals surface area contributed by atoms with Crippen LogP contribution in [0.1, 0.15) is 12.8 Å². The van der Waals surface area contributed by atoms with Crippen LogP contribution in [0.25, 0.3) is 61.9 Å². The third kappa shape index (κ3) is 3.09. The van der Waals surface area contributed by atoms with E-state index in [4.69, 9.17) is 19.7 Å². The summed E-state index contributed by atoms with van der Waals surface area (Å²) in [7, 11) is 0. The minimum Gasteiger partial charge on any atom is -0.456 e. The molecule has 1 aliphatic carbocycles. The summed E-state index contributed by atoms with van der Waals surface area (Å²) in [5.74, 6) is 2.92. The van der Waals surface area contributed by atoms with Gasteiger partial charge >= 0.3 is 0 Å². The van der Waals surface area contributed by atoms with Crippen molar-refractivity contribution in [1.29, 1.82) is 0 Å². The Morgan fingerprint density at radius 1 is 0.628 bits per heavy atom. The Hall–Kier alpha value is -5.75. The first kappa shape index (κ1) is 22.9. The van der Waals surface area contributed by atoms with Gasteiger partial charge in [-0.1, -0.05) is 78.9 Å². The molecule has 4 heterocycles. The second kappa shape index (κ2) is 8.39. The maximum Gasteiger partial charge on any atom is 0.238 e. The number of fused-ring (bicyclic) bond motifs is 11. The van der Waals surface area contributed by atoms with Crippen molar-refractivity contribution >= 4 is 51.4 Å². The average Bonchev–Trinajstić information content (AvgIpc) is 3.38. The molecule has 0 fully saturated rings. The molecule has 2 aromatic heterocycles. The lowest BCUT2D eigenvalue weighted by Crippen LogP contribution is -2.31. The summed E-state index contributed by atoms with van der Waals surface area (Å²) in [5, 5.41) is 5.43. The van der Waals surface area contributed by atoms with Crippen LogP contribution in [0.2, 0.25) is 0 Å². The molecule has 0 saturated heterocycles. The Labute approximate surface area is 246 Å². The molecule has 43 heavy (non-hydrogen) atoms. The van der Waals surface area contributed by atoms with Crippen LogP contribution in [-0.4, -0.2) is 19.5 Å². The fourth-order valence-corrected chi connectivity index (χ4v) is 6.91. The van der Waals surface area contributed by atoms with Crippen LogP contribution < -0.4 is 20.3 Å². The summed E-state index contributed by atoms with van der Waals surface area (Å²) >= 11 is 0. The second-order valence-electron chi connectivity index (χ2n) is 11.2. The third-order valence-corrected chi connectivity index (χ3v) is 8.76. The van der Waals surface area contributed by atoms with Gasteiger partial charge in [0.2, 0.25) is 11.9 Å². The molecule has 202 valence electrons. The van der Waals surface area contributed by atoms with E-state index in [2.05, 4.69) is 88.3 Å². The molecule has 6 nitrogen and oxygen atoms in total. The summed E-state index contributed by atoms with van der Waals surface area (Å²) in [6.07, 6.45) is 6.50. The predicted octanol–water partition coefficient (Wildman–Crippen LogP) is 7.55. The summed E-state index contributed by atoms with van der Waals surface area (Å²) in [5.41, 5.74) is 7.04. The minimum absolute atomic E-state index is 0.574. The quantitative estimate of drug-likeness (QED) is 0.210. The monoisotopic (exact) mass is 553 g/mol. The largest absolute Gasteiger partial charge is 0.456 e. The molecule has 7 aromatic rings. The van der Waals surface area contributed by atoms with Gasteiger partial charge in [0, 0.05) is 16.7 Å². The van der Waals surface area contributed by atoms with E-state index in [0.29, 0.717) is 5.95 Å². The molecule has 6 heteroatoms. The normalized spacial score (nSPS) is 13.9. The molecule has 3 aliphatic rings. The van der Waals surface area contributed by atoms with E-state index in [1.165, 1.54) is 16.3 Å². The second-order valence-corrected chi connectivity index (χ2v) is 11.2. The smallest absolute Gasteiger partial charge is 0.238 e. The van der Waals surface area contributed by atoms with Crippen molar-refractivity contribution in [2.75, 3.05) is 4.90 Å². The van der Waals surface area contributed by atoms with Gasteiger partial charge in [-0.3, -0.25) is 4.57 Å². The van der Waals surface area contributed by atoms with Crippen molar-refractivity contribution in [3.8, 4) is 39.6 Å². The van der Waals surface area contributed by atoms with Gasteiger partial charge in [0.1, 0.15) is 11.5 Å². The van der Waals surface area contributed by atoms with Crippen molar-refractivity contribution in [2.45, 2.75) is 12.8 Å². The van der Waals surface area contributed by atoms with Crippen LogP contribution in [0.4, 0.5) is 17.6 Å². The Morgan fingerprint density at radius 3 is 2.42 bits per heavy atom. The summed E-state index contributed by atoms with van der Waals surface area (Å²) in [6, 6.07) is 35.7. The molecule has 5 aromatic carbocycles. The van der Waals surface area contributed by atoms with E-state index in [0.717, 1.165) is 80.1 Å². The highest BCUT2D eigenvalue weighted by Gasteiger charge is 2.33. The van der Waals surface area contributed by atoms with Gasteiger partial charge in [0.05, 0.1) is 38.7 Å². The fourth-order valence-electron chi connectivity index (χ4n) is 6.91. The first-order chi connectivity index (χ1) is 21.3. The Bertz CT molecular complexity index is 2460.